The highest BCUT2D eigenvalue weighted by atomic mass is 15.2. The Labute approximate surface area is 115 Å². The van der Waals surface area contributed by atoms with Crippen molar-refractivity contribution in [1.29, 1.82) is 0 Å². The van der Waals surface area contributed by atoms with Gasteiger partial charge in [-0.1, -0.05) is 56.0 Å². The molecule has 100 valence electrons. The lowest BCUT2D eigenvalue weighted by Crippen LogP contribution is -2.33. The molecule has 1 aliphatic heterocycles. The Morgan fingerprint density at radius 1 is 0.842 bits per heavy atom. The summed E-state index contributed by atoms with van der Waals surface area (Å²) in [6.07, 6.45) is 7.99. The van der Waals surface area contributed by atoms with Gasteiger partial charge in [0.1, 0.15) is 0 Å². The van der Waals surface area contributed by atoms with Crippen molar-refractivity contribution in [2.75, 3.05) is 0 Å². The van der Waals surface area contributed by atoms with Gasteiger partial charge < -0.3 is 0 Å². The predicted octanol–water partition coefficient (Wildman–Crippen LogP) is 4.45. The van der Waals surface area contributed by atoms with Crippen LogP contribution in [0.4, 0.5) is 0 Å². The van der Waals surface area contributed by atoms with Crippen molar-refractivity contribution in [3.05, 3.63) is 35.9 Å². The summed E-state index contributed by atoms with van der Waals surface area (Å²) in [6.45, 7) is 2.16. The maximum absolute atomic E-state index is 4.54. The van der Waals surface area contributed by atoms with Gasteiger partial charge >= 0.3 is 0 Å². The Balaban J connectivity index is 1.94. The Kier molecular flexibility index (Phi) is 3.77. The molecule has 2 nitrogen and oxygen atoms in total. The van der Waals surface area contributed by atoms with Crippen LogP contribution in [0.3, 0.4) is 0 Å². The van der Waals surface area contributed by atoms with Crippen LogP contribution in [0.15, 0.2) is 40.5 Å². The van der Waals surface area contributed by atoms with Gasteiger partial charge in [-0.3, -0.25) is 0 Å². The SMILES string of the molecule is CC1=NN=C(c2ccccc2)C2CCCCCCC12. The van der Waals surface area contributed by atoms with Gasteiger partial charge in [-0.25, -0.2) is 0 Å². The van der Waals surface area contributed by atoms with E-state index in [1.807, 2.05) is 0 Å². The summed E-state index contributed by atoms with van der Waals surface area (Å²) in [4.78, 5) is 0. The summed E-state index contributed by atoms with van der Waals surface area (Å²) in [6, 6.07) is 10.6. The van der Waals surface area contributed by atoms with E-state index in [9.17, 15) is 0 Å². The van der Waals surface area contributed by atoms with Gasteiger partial charge in [0.15, 0.2) is 0 Å². The summed E-state index contributed by atoms with van der Waals surface area (Å²) in [7, 11) is 0. The van der Waals surface area contributed by atoms with Gasteiger partial charge in [-0.15, -0.1) is 0 Å². The maximum atomic E-state index is 4.54. The van der Waals surface area contributed by atoms with Gasteiger partial charge in [0.2, 0.25) is 0 Å². The first kappa shape index (κ1) is 12.6. The zero-order chi connectivity index (χ0) is 13.1. The fourth-order valence-electron chi connectivity index (χ4n) is 3.47. The first-order valence-electron chi connectivity index (χ1n) is 7.54. The van der Waals surface area contributed by atoms with Crippen molar-refractivity contribution in [3.8, 4) is 0 Å². The van der Waals surface area contributed by atoms with E-state index >= 15 is 0 Å². The highest BCUT2D eigenvalue weighted by molar-refractivity contribution is 6.06. The summed E-state index contributed by atoms with van der Waals surface area (Å²) in [5.41, 5.74) is 3.72. The van der Waals surface area contributed by atoms with Gasteiger partial charge in [0.25, 0.3) is 0 Å². The predicted molar refractivity (Wildman–Crippen MR) is 80.8 cm³/mol. The van der Waals surface area contributed by atoms with Crippen LogP contribution in [-0.2, 0) is 0 Å². The highest BCUT2D eigenvalue weighted by Crippen LogP contribution is 2.34. The van der Waals surface area contributed by atoms with Crippen LogP contribution in [0.25, 0.3) is 0 Å². The van der Waals surface area contributed by atoms with Gasteiger partial charge in [0.05, 0.1) is 5.71 Å². The molecule has 0 bridgehead atoms. The number of rotatable bonds is 1. The Hall–Kier alpha value is -1.44. The van der Waals surface area contributed by atoms with Crippen molar-refractivity contribution < 1.29 is 0 Å². The number of nitrogens with zero attached hydrogens (tertiary/aromatic N) is 2. The second-order valence-electron chi connectivity index (χ2n) is 5.80. The largest absolute Gasteiger partial charge is 0.160 e. The van der Waals surface area contributed by atoms with E-state index in [2.05, 4.69) is 47.5 Å². The second kappa shape index (κ2) is 5.68. The van der Waals surface area contributed by atoms with E-state index < -0.39 is 0 Å². The molecule has 2 unspecified atom stereocenters. The van der Waals surface area contributed by atoms with E-state index in [4.69, 9.17) is 0 Å². The lowest BCUT2D eigenvalue weighted by Gasteiger charge is -2.32. The zero-order valence-corrected chi connectivity index (χ0v) is 11.7. The van der Waals surface area contributed by atoms with Crippen LogP contribution < -0.4 is 0 Å². The van der Waals surface area contributed by atoms with E-state index in [1.54, 1.807) is 0 Å². The molecule has 1 aliphatic carbocycles. The fraction of sp³-hybridized carbons (Fsp3) is 0.529. The summed E-state index contributed by atoms with van der Waals surface area (Å²) in [5, 5.41) is 8.99. The molecule has 3 rings (SSSR count). The number of hydrogen-bond acceptors (Lipinski definition) is 2. The number of hydrogen-bond donors (Lipinski definition) is 0. The molecule has 1 heterocycles. The number of fused-ring (bicyclic) bond motifs is 1. The summed E-state index contributed by atoms with van der Waals surface area (Å²) in [5.74, 6) is 1.20. The molecule has 1 fully saturated rings. The molecule has 0 radical (unpaired) electrons. The van der Waals surface area contributed by atoms with E-state index in [1.165, 1.54) is 55.5 Å². The molecule has 0 amide bonds. The molecule has 2 aliphatic rings. The molecular weight excluding hydrogens is 232 g/mol. The standard InChI is InChI=1S/C17H22N2/c1-13-15-11-7-2-3-8-12-16(15)17(19-18-13)14-9-5-4-6-10-14/h4-6,9-10,15-16H,2-3,7-8,11-12H2,1H3. The van der Waals surface area contributed by atoms with Crippen LogP contribution in [0, 0.1) is 11.8 Å². The second-order valence-corrected chi connectivity index (χ2v) is 5.80. The maximum Gasteiger partial charge on any atom is 0.0740 e. The minimum atomic E-state index is 0.584. The average molecular weight is 254 g/mol. The van der Waals surface area contributed by atoms with Crippen LogP contribution in [0.2, 0.25) is 0 Å². The molecule has 0 saturated heterocycles. The van der Waals surface area contributed by atoms with Crippen molar-refractivity contribution in [3.63, 3.8) is 0 Å². The topological polar surface area (TPSA) is 24.7 Å². The van der Waals surface area contributed by atoms with Crippen molar-refractivity contribution >= 4 is 11.4 Å². The first-order valence-corrected chi connectivity index (χ1v) is 7.54. The summed E-state index contributed by atoms with van der Waals surface area (Å²) >= 11 is 0. The van der Waals surface area contributed by atoms with Crippen LogP contribution >= 0.6 is 0 Å². The molecule has 0 spiro atoms. The normalized spacial score (nSPS) is 27.6. The zero-order valence-electron chi connectivity index (χ0n) is 11.7. The lowest BCUT2D eigenvalue weighted by atomic mass is 9.74. The highest BCUT2D eigenvalue weighted by Gasteiger charge is 2.32. The molecule has 2 atom stereocenters. The Morgan fingerprint density at radius 2 is 1.53 bits per heavy atom. The minimum Gasteiger partial charge on any atom is -0.160 e. The van der Waals surface area contributed by atoms with Crippen LogP contribution in [0.1, 0.15) is 51.0 Å². The minimum absolute atomic E-state index is 0.584. The monoisotopic (exact) mass is 254 g/mol. The van der Waals surface area contributed by atoms with E-state index in [0.29, 0.717) is 11.8 Å². The molecular formula is C17H22N2. The Morgan fingerprint density at radius 3 is 2.26 bits per heavy atom. The fourth-order valence-corrected chi connectivity index (χ4v) is 3.47. The molecule has 1 aromatic carbocycles. The molecule has 1 saturated carbocycles. The van der Waals surface area contributed by atoms with Crippen LogP contribution in [0.5, 0.6) is 0 Å². The summed E-state index contributed by atoms with van der Waals surface area (Å²) < 4.78 is 0. The van der Waals surface area contributed by atoms with Gasteiger partial charge in [-0.05, 0) is 25.3 Å². The quantitative estimate of drug-likeness (QED) is 0.707. The molecule has 0 aromatic heterocycles. The van der Waals surface area contributed by atoms with Crippen LogP contribution in [-0.4, -0.2) is 11.4 Å². The van der Waals surface area contributed by atoms with Gasteiger partial charge in [0, 0.05) is 17.5 Å². The lowest BCUT2D eigenvalue weighted by molar-refractivity contribution is 0.390. The molecule has 0 N–H and O–H groups in total. The van der Waals surface area contributed by atoms with Crippen molar-refractivity contribution in [1.82, 2.24) is 0 Å². The van der Waals surface area contributed by atoms with E-state index in [0.717, 1.165) is 0 Å². The third-order valence-corrected chi connectivity index (χ3v) is 4.54. The van der Waals surface area contributed by atoms with E-state index in [-0.39, 0.29) is 0 Å². The van der Waals surface area contributed by atoms with Crippen molar-refractivity contribution in [2.24, 2.45) is 22.0 Å². The van der Waals surface area contributed by atoms with Gasteiger partial charge in [-0.2, -0.15) is 10.2 Å². The average Bonchev–Trinajstić information content (AvgIpc) is 2.41. The Bertz CT molecular complexity index is 487. The first-order chi connectivity index (χ1) is 9.36. The molecule has 1 aromatic rings. The molecule has 2 heteroatoms. The molecule has 19 heavy (non-hydrogen) atoms. The smallest absolute Gasteiger partial charge is 0.0740 e. The third kappa shape index (κ3) is 2.63. The third-order valence-electron chi connectivity index (χ3n) is 4.54. The number of benzene rings is 1. The van der Waals surface area contributed by atoms with Crippen molar-refractivity contribution in [2.45, 2.75) is 45.4 Å².